The number of hydrogen-bond acceptors (Lipinski definition) is 4. The molecule has 1 N–H and O–H groups in total. The molecule has 0 bridgehead atoms. The third-order valence-electron chi connectivity index (χ3n) is 3.75. The minimum atomic E-state index is -3.07. The molecule has 1 saturated carbocycles. The molecule has 100 valence electrons. The van der Waals surface area contributed by atoms with Crippen LogP contribution in [0.4, 0.5) is 0 Å². The second-order valence-electron chi connectivity index (χ2n) is 5.07. The second kappa shape index (κ2) is 4.32. The van der Waals surface area contributed by atoms with Crippen molar-refractivity contribution in [2.75, 3.05) is 26.7 Å². The first-order valence-electron chi connectivity index (χ1n) is 6.27. The Labute approximate surface area is 107 Å². The molecule has 3 rings (SSSR count). The van der Waals surface area contributed by atoms with E-state index >= 15 is 0 Å². The van der Waals surface area contributed by atoms with Crippen LogP contribution in [0.15, 0.2) is 12.4 Å². The average Bonchev–Trinajstić information content (AvgIpc) is 3.08. The standard InChI is InChI=1S/C11H18N4O2S/c1-14-6-7-15(18(16,17)9-2-3-9)8-10(14)11-12-4-5-13-11/h4-5,9-10H,2-3,6-8H2,1H3,(H,12,13)/t10-/m0/s1. The number of nitrogens with one attached hydrogen (secondary N) is 1. The van der Waals surface area contributed by atoms with Crippen LogP contribution in [0.3, 0.4) is 0 Å². The van der Waals surface area contributed by atoms with Crippen LogP contribution in [0.25, 0.3) is 0 Å². The molecule has 6 nitrogen and oxygen atoms in total. The van der Waals surface area contributed by atoms with Gasteiger partial charge in [-0.15, -0.1) is 0 Å². The fourth-order valence-corrected chi connectivity index (χ4v) is 4.25. The predicted molar refractivity (Wildman–Crippen MR) is 67.5 cm³/mol. The number of aromatic nitrogens is 2. The number of imidazole rings is 1. The Bertz CT molecular complexity index is 509. The highest BCUT2D eigenvalue weighted by molar-refractivity contribution is 7.90. The molecular formula is C11H18N4O2S. The Kier molecular flexibility index (Phi) is 2.91. The van der Waals surface area contributed by atoms with Crippen LogP contribution in [0, 0.1) is 0 Å². The van der Waals surface area contributed by atoms with E-state index in [1.807, 2.05) is 7.05 Å². The van der Waals surface area contributed by atoms with E-state index in [1.54, 1.807) is 16.7 Å². The molecular weight excluding hydrogens is 252 g/mol. The first kappa shape index (κ1) is 12.1. The maximum Gasteiger partial charge on any atom is 0.217 e. The summed E-state index contributed by atoms with van der Waals surface area (Å²) >= 11 is 0. The van der Waals surface area contributed by atoms with Crippen LogP contribution in [-0.4, -0.2) is 59.5 Å². The highest BCUT2D eigenvalue weighted by Gasteiger charge is 2.42. The molecule has 1 aliphatic carbocycles. The summed E-state index contributed by atoms with van der Waals surface area (Å²) in [6, 6.07) is 0.0299. The maximum absolute atomic E-state index is 12.2. The van der Waals surface area contributed by atoms with Gasteiger partial charge in [-0.1, -0.05) is 0 Å². The van der Waals surface area contributed by atoms with E-state index < -0.39 is 10.0 Å². The molecule has 2 aliphatic rings. The number of rotatable bonds is 3. The van der Waals surface area contributed by atoms with E-state index in [0.29, 0.717) is 13.1 Å². The van der Waals surface area contributed by atoms with Crippen molar-refractivity contribution >= 4 is 10.0 Å². The quantitative estimate of drug-likeness (QED) is 0.851. The van der Waals surface area contributed by atoms with Gasteiger partial charge in [-0.3, -0.25) is 4.90 Å². The molecule has 1 aromatic rings. The lowest BCUT2D eigenvalue weighted by atomic mass is 10.2. The molecule has 2 heterocycles. The van der Waals surface area contributed by atoms with Crippen molar-refractivity contribution in [1.29, 1.82) is 0 Å². The zero-order chi connectivity index (χ0) is 12.8. The number of piperazine rings is 1. The number of hydrogen-bond donors (Lipinski definition) is 1. The van der Waals surface area contributed by atoms with Gasteiger partial charge in [-0.2, -0.15) is 4.31 Å². The largest absolute Gasteiger partial charge is 0.347 e. The molecule has 0 radical (unpaired) electrons. The Balaban J connectivity index is 1.80. The fraction of sp³-hybridized carbons (Fsp3) is 0.727. The Hall–Kier alpha value is -0.920. The van der Waals surface area contributed by atoms with Crippen LogP contribution in [-0.2, 0) is 10.0 Å². The molecule has 2 fully saturated rings. The summed E-state index contributed by atoms with van der Waals surface area (Å²) in [5, 5.41) is -0.127. The van der Waals surface area contributed by atoms with E-state index in [1.165, 1.54) is 0 Å². The first-order valence-corrected chi connectivity index (χ1v) is 7.78. The van der Waals surface area contributed by atoms with E-state index in [9.17, 15) is 8.42 Å². The van der Waals surface area contributed by atoms with Gasteiger partial charge >= 0.3 is 0 Å². The SMILES string of the molecule is CN1CCN(S(=O)(=O)C2CC2)C[C@H]1c1ncc[nH]1. The summed E-state index contributed by atoms with van der Waals surface area (Å²) in [4.78, 5) is 9.48. The Morgan fingerprint density at radius 1 is 1.39 bits per heavy atom. The Morgan fingerprint density at radius 2 is 2.17 bits per heavy atom. The van der Waals surface area contributed by atoms with Crippen molar-refractivity contribution in [2.45, 2.75) is 24.1 Å². The molecule has 1 saturated heterocycles. The predicted octanol–water partition coefficient (Wildman–Crippen LogP) is 0.190. The summed E-state index contributed by atoms with van der Waals surface area (Å²) in [6.45, 7) is 1.84. The minimum Gasteiger partial charge on any atom is -0.347 e. The highest BCUT2D eigenvalue weighted by Crippen LogP contribution is 2.33. The van der Waals surface area contributed by atoms with Gasteiger partial charge in [0.25, 0.3) is 0 Å². The van der Waals surface area contributed by atoms with E-state index in [4.69, 9.17) is 0 Å². The van der Waals surface area contributed by atoms with Gasteiger partial charge in [0.1, 0.15) is 5.82 Å². The van der Waals surface area contributed by atoms with E-state index in [2.05, 4.69) is 14.9 Å². The third-order valence-corrected chi connectivity index (χ3v) is 6.12. The van der Waals surface area contributed by atoms with Crippen LogP contribution >= 0.6 is 0 Å². The lowest BCUT2D eigenvalue weighted by Gasteiger charge is -2.37. The van der Waals surface area contributed by atoms with Crippen molar-refractivity contribution in [3.05, 3.63) is 18.2 Å². The van der Waals surface area contributed by atoms with Gasteiger partial charge < -0.3 is 4.98 Å². The maximum atomic E-state index is 12.2. The van der Waals surface area contributed by atoms with Crippen LogP contribution in [0.2, 0.25) is 0 Å². The number of sulfonamides is 1. The number of nitrogens with zero attached hydrogens (tertiary/aromatic N) is 3. The molecule has 0 spiro atoms. The zero-order valence-electron chi connectivity index (χ0n) is 10.4. The fourth-order valence-electron chi connectivity index (χ4n) is 2.41. The normalized spacial score (nSPS) is 27.5. The lowest BCUT2D eigenvalue weighted by Crippen LogP contribution is -2.50. The van der Waals surface area contributed by atoms with Gasteiger partial charge in [0.05, 0.1) is 11.3 Å². The molecule has 0 aromatic carbocycles. The summed E-state index contributed by atoms with van der Waals surface area (Å²) < 4.78 is 26.1. The second-order valence-corrected chi connectivity index (χ2v) is 7.29. The van der Waals surface area contributed by atoms with Gasteiger partial charge in [0.2, 0.25) is 10.0 Å². The Morgan fingerprint density at radius 3 is 2.78 bits per heavy atom. The smallest absolute Gasteiger partial charge is 0.217 e. The lowest BCUT2D eigenvalue weighted by molar-refractivity contribution is 0.142. The number of H-pyrrole nitrogens is 1. The van der Waals surface area contributed by atoms with Gasteiger partial charge in [0.15, 0.2) is 0 Å². The highest BCUT2D eigenvalue weighted by atomic mass is 32.2. The van der Waals surface area contributed by atoms with Crippen molar-refractivity contribution in [1.82, 2.24) is 19.2 Å². The third kappa shape index (κ3) is 2.06. The monoisotopic (exact) mass is 270 g/mol. The summed E-state index contributed by atoms with van der Waals surface area (Å²) in [5.74, 6) is 0.841. The number of likely N-dealkylation sites (N-methyl/N-ethyl adjacent to an activating group) is 1. The summed E-state index contributed by atoms with van der Waals surface area (Å²) in [7, 11) is -1.06. The molecule has 18 heavy (non-hydrogen) atoms. The average molecular weight is 270 g/mol. The van der Waals surface area contributed by atoms with Crippen molar-refractivity contribution in [3.8, 4) is 0 Å². The molecule has 0 amide bonds. The molecule has 7 heteroatoms. The van der Waals surface area contributed by atoms with Gasteiger partial charge in [0, 0.05) is 32.0 Å². The number of aromatic amines is 1. The molecule has 0 unspecified atom stereocenters. The van der Waals surface area contributed by atoms with Crippen LogP contribution in [0.1, 0.15) is 24.7 Å². The van der Waals surface area contributed by atoms with Crippen LogP contribution in [0.5, 0.6) is 0 Å². The molecule has 1 aliphatic heterocycles. The zero-order valence-corrected chi connectivity index (χ0v) is 11.2. The van der Waals surface area contributed by atoms with Crippen LogP contribution < -0.4 is 0 Å². The summed E-state index contributed by atoms with van der Waals surface area (Å²) in [5.41, 5.74) is 0. The van der Waals surface area contributed by atoms with Crippen molar-refractivity contribution in [2.24, 2.45) is 0 Å². The van der Waals surface area contributed by atoms with Gasteiger partial charge in [-0.05, 0) is 19.9 Å². The van der Waals surface area contributed by atoms with E-state index in [-0.39, 0.29) is 11.3 Å². The van der Waals surface area contributed by atoms with E-state index in [0.717, 1.165) is 25.2 Å². The van der Waals surface area contributed by atoms with Crippen molar-refractivity contribution in [3.63, 3.8) is 0 Å². The molecule has 1 aromatic heterocycles. The topological polar surface area (TPSA) is 69.3 Å². The minimum absolute atomic E-state index is 0.0299. The van der Waals surface area contributed by atoms with Crippen molar-refractivity contribution < 1.29 is 8.42 Å². The first-order chi connectivity index (χ1) is 8.59. The van der Waals surface area contributed by atoms with Gasteiger partial charge in [-0.25, -0.2) is 13.4 Å². The molecule has 1 atom stereocenters. The summed E-state index contributed by atoms with van der Waals surface area (Å²) in [6.07, 6.45) is 5.12.